The van der Waals surface area contributed by atoms with Gasteiger partial charge in [-0.05, 0) is 58.6 Å². The van der Waals surface area contributed by atoms with Gasteiger partial charge in [0.05, 0.1) is 11.7 Å². The Labute approximate surface area is 105 Å². The lowest BCUT2D eigenvalue weighted by molar-refractivity contribution is 0.207. The highest BCUT2D eigenvalue weighted by Gasteiger charge is 2.30. The van der Waals surface area contributed by atoms with E-state index in [-0.39, 0.29) is 0 Å². The van der Waals surface area contributed by atoms with E-state index in [0.717, 1.165) is 5.92 Å². The summed E-state index contributed by atoms with van der Waals surface area (Å²) in [4.78, 5) is 0. The van der Waals surface area contributed by atoms with Crippen LogP contribution >= 0.6 is 0 Å². The SMILES string of the molecule is CNC1CCC(C)CC1n1nc(C)c(C)c1C. The Hall–Kier alpha value is -0.830. The zero-order valence-electron chi connectivity index (χ0n) is 11.7. The summed E-state index contributed by atoms with van der Waals surface area (Å²) in [5, 5.41) is 8.21. The Bertz CT molecular complexity index is 394. The summed E-state index contributed by atoms with van der Waals surface area (Å²) in [6.45, 7) is 8.84. The first-order chi connectivity index (χ1) is 8.04. The summed E-state index contributed by atoms with van der Waals surface area (Å²) in [7, 11) is 2.08. The van der Waals surface area contributed by atoms with Crippen LogP contribution in [0.4, 0.5) is 0 Å². The van der Waals surface area contributed by atoms with E-state index in [1.165, 1.54) is 36.2 Å². The number of nitrogens with one attached hydrogen (secondary N) is 1. The third kappa shape index (κ3) is 2.25. The minimum atomic E-state index is 0.524. The first kappa shape index (κ1) is 12.6. The van der Waals surface area contributed by atoms with Crippen molar-refractivity contribution in [3.8, 4) is 0 Å². The third-order valence-electron chi connectivity index (χ3n) is 4.45. The lowest BCUT2D eigenvalue weighted by Gasteiger charge is -2.35. The molecule has 3 nitrogen and oxygen atoms in total. The molecule has 3 atom stereocenters. The van der Waals surface area contributed by atoms with E-state index >= 15 is 0 Å². The van der Waals surface area contributed by atoms with Gasteiger partial charge in [-0.15, -0.1) is 0 Å². The van der Waals surface area contributed by atoms with E-state index in [2.05, 4.69) is 44.7 Å². The molecule has 3 unspecified atom stereocenters. The predicted molar refractivity (Wildman–Crippen MR) is 71.3 cm³/mol. The van der Waals surface area contributed by atoms with Crippen molar-refractivity contribution in [2.24, 2.45) is 5.92 Å². The van der Waals surface area contributed by atoms with Crippen molar-refractivity contribution < 1.29 is 0 Å². The van der Waals surface area contributed by atoms with Crippen LogP contribution in [0.3, 0.4) is 0 Å². The van der Waals surface area contributed by atoms with Gasteiger partial charge in [0.25, 0.3) is 0 Å². The van der Waals surface area contributed by atoms with Gasteiger partial charge in [0.2, 0.25) is 0 Å². The Morgan fingerprint density at radius 2 is 1.94 bits per heavy atom. The van der Waals surface area contributed by atoms with Gasteiger partial charge < -0.3 is 5.32 Å². The van der Waals surface area contributed by atoms with E-state index in [9.17, 15) is 0 Å². The fourth-order valence-electron chi connectivity index (χ4n) is 3.03. The molecule has 1 saturated carbocycles. The summed E-state index contributed by atoms with van der Waals surface area (Å²) in [5.41, 5.74) is 3.86. The van der Waals surface area contributed by atoms with Crippen LogP contribution in [0.5, 0.6) is 0 Å². The van der Waals surface area contributed by atoms with E-state index in [1.807, 2.05) is 0 Å². The maximum Gasteiger partial charge on any atom is 0.0677 e. The molecule has 0 radical (unpaired) electrons. The average Bonchev–Trinajstić information content (AvgIpc) is 2.57. The van der Waals surface area contributed by atoms with Crippen molar-refractivity contribution >= 4 is 0 Å². The second kappa shape index (κ2) is 4.81. The summed E-state index contributed by atoms with van der Waals surface area (Å²) in [6.07, 6.45) is 3.84. The van der Waals surface area contributed by atoms with Crippen molar-refractivity contribution in [1.82, 2.24) is 15.1 Å². The van der Waals surface area contributed by atoms with Crippen LogP contribution in [0.15, 0.2) is 0 Å². The quantitative estimate of drug-likeness (QED) is 0.854. The molecule has 1 aliphatic carbocycles. The molecule has 0 saturated heterocycles. The van der Waals surface area contributed by atoms with Crippen LogP contribution in [0.2, 0.25) is 0 Å². The minimum absolute atomic E-state index is 0.524. The van der Waals surface area contributed by atoms with Crippen molar-refractivity contribution in [3.05, 3.63) is 17.0 Å². The maximum atomic E-state index is 4.74. The van der Waals surface area contributed by atoms with Crippen LogP contribution in [-0.4, -0.2) is 22.9 Å². The van der Waals surface area contributed by atoms with Crippen LogP contribution in [-0.2, 0) is 0 Å². The largest absolute Gasteiger partial charge is 0.315 e. The van der Waals surface area contributed by atoms with Crippen molar-refractivity contribution in [2.75, 3.05) is 7.05 Å². The molecule has 3 heteroatoms. The summed E-state index contributed by atoms with van der Waals surface area (Å²) in [6, 6.07) is 1.10. The molecule has 17 heavy (non-hydrogen) atoms. The van der Waals surface area contributed by atoms with Gasteiger partial charge in [-0.1, -0.05) is 6.92 Å². The number of hydrogen-bond acceptors (Lipinski definition) is 2. The van der Waals surface area contributed by atoms with Gasteiger partial charge in [-0.25, -0.2) is 0 Å². The second-order valence-electron chi connectivity index (χ2n) is 5.62. The van der Waals surface area contributed by atoms with Crippen molar-refractivity contribution in [3.63, 3.8) is 0 Å². The van der Waals surface area contributed by atoms with Gasteiger partial charge in [-0.2, -0.15) is 5.10 Å². The third-order valence-corrected chi connectivity index (χ3v) is 4.45. The molecule has 1 heterocycles. The lowest BCUT2D eigenvalue weighted by Crippen LogP contribution is -2.40. The fraction of sp³-hybridized carbons (Fsp3) is 0.786. The number of aryl methyl sites for hydroxylation is 1. The molecule has 0 aliphatic heterocycles. The molecule has 0 bridgehead atoms. The zero-order valence-corrected chi connectivity index (χ0v) is 11.7. The first-order valence-corrected chi connectivity index (χ1v) is 6.74. The van der Waals surface area contributed by atoms with Gasteiger partial charge in [0.15, 0.2) is 0 Å². The van der Waals surface area contributed by atoms with Gasteiger partial charge in [0, 0.05) is 11.7 Å². The standard InChI is InChI=1S/C14H25N3/c1-9-6-7-13(15-5)14(8-9)17-12(4)10(2)11(3)16-17/h9,13-15H,6-8H2,1-5H3. The number of hydrogen-bond donors (Lipinski definition) is 1. The Morgan fingerprint density at radius 3 is 2.47 bits per heavy atom. The van der Waals surface area contributed by atoms with Crippen LogP contribution < -0.4 is 5.32 Å². The van der Waals surface area contributed by atoms with Crippen LogP contribution in [0.25, 0.3) is 0 Å². The van der Waals surface area contributed by atoms with Gasteiger partial charge in [0.1, 0.15) is 0 Å². The van der Waals surface area contributed by atoms with Crippen LogP contribution in [0.1, 0.15) is 49.2 Å². The van der Waals surface area contributed by atoms with Crippen LogP contribution in [0, 0.1) is 26.7 Å². The molecular weight excluding hydrogens is 210 g/mol. The average molecular weight is 235 g/mol. The number of rotatable bonds is 2. The number of nitrogens with zero attached hydrogens (tertiary/aromatic N) is 2. The Balaban J connectivity index is 2.32. The first-order valence-electron chi connectivity index (χ1n) is 6.74. The van der Waals surface area contributed by atoms with E-state index in [0.29, 0.717) is 12.1 Å². The summed E-state index contributed by atoms with van der Waals surface area (Å²) in [5.74, 6) is 0.814. The molecule has 96 valence electrons. The van der Waals surface area contributed by atoms with Gasteiger partial charge >= 0.3 is 0 Å². The summed E-state index contributed by atoms with van der Waals surface area (Å²) < 4.78 is 2.27. The minimum Gasteiger partial charge on any atom is -0.315 e. The number of likely N-dealkylation sites (N-methyl/N-ethyl adjacent to an activating group) is 1. The predicted octanol–water partition coefficient (Wildman–Crippen LogP) is 2.76. The monoisotopic (exact) mass is 235 g/mol. The maximum absolute atomic E-state index is 4.74. The highest BCUT2D eigenvalue weighted by Crippen LogP contribution is 2.33. The lowest BCUT2D eigenvalue weighted by atomic mass is 9.83. The highest BCUT2D eigenvalue weighted by molar-refractivity contribution is 5.23. The molecule has 2 rings (SSSR count). The molecule has 1 N–H and O–H groups in total. The molecular formula is C14H25N3. The molecule has 1 fully saturated rings. The molecule has 0 spiro atoms. The normalized spacial score (nSPS) is 29.6. The molecule has 1 aliphatic rings. The molecule has 0 amide bonds. The zero-order chi connectivity index (χ0) is 12.6. The van der Waals surface area contributed by atoms with E-state index < -0.39 is 0 Å². The molecule has 1 aromatic rings. The summed E-state index contributed by atoms with van der Waals surface area (Å²) >= 11 is 0. The fourth-order valence-corrected chi connectivity index (χ4v) is 3.03. The number of aromatic nitrogens is 2. The topological polar surface area (TPSA) is 29.9 Å². The molecule has 1 aromatic heterocycles. The van der Waals surface area contributed by atoms with Crippen molar-refractivity contribution in [1.29, 1.82) is 0 Å². The smallest absolute Gasteiger partial charge is 0.0677 e. The highest BCUT2D eigenvalue weighted by atomic mass is 15.3. The Kier molecular flexibility index (Phi) is 3.57. The van der Waals surface area contributed by atoms with E-state index in [1.54, 1.807) is 0 Å². The van der Waals surface area contributed by atoms with Crippen molar-refractivity contribution in [2.45, 2.75) is 59.0 Å². The second-order valence-corrected chi connectivity index (χ2v) is 5.62. The Morgan fingerprint density at radius 1 is 1.24 bits per heavy atom. The van der Waals surface area contributed by atoms with E-state index in [4.69, 9.17) is 5.10 Å². The van der Waals surface area contributed by atoms with Gasteiger partial charge in [-0.3, -0.25) is 4.68 Å². The molecule has 0 aromatic carbocycles.